The number of fused-ring (bicyclic) bond motifs is 1. The maximum absolute atomic E-state index is 12.4. The highest BCUT2D eigenvalue weighted by atomic mass is 16.2. The minimum absolute atomic E-state index is 0.173. The van der Waals surface area contributed by atoms with Crippen LogP contribution in [0.4, 0.5) is 0 Å². The van der Waals surface area contributed by atoms with Gasteiger partial charge in [0, 0.05) is 30.2 Å². The Balaban J connectivity index is 2.04. The van der Waals surface area contributed by atoms with Gasteiger partial charge in [0.1, 0.15) is 0 Å². The number of hydrogen-bond donors (Lipinski definition) is 1. The van der Waals surface area contributed by atoms with Crippen LogP contribution in [0.5, 0.6) is 0 Å². The van der Waals surface area contributed by atoms with Crippen molar-refractivity contribution in [3.63, 3.8) is 0 Å². The average Bonchev–Trinajstić information content (AvgIpc) is 3.06. The number of carbonyl (C=O) groups excluding carboxylic acids is 1. The lowest BCUT2D eigenvalue weighted by atomic mass is 10.1. The number of aromatic nitrogens is 1. The van der Waals surface area contributed by atoms with Crippen LogP contribution in [0.2, 0.25) is 0 Å². The highest BCUT2D eigenvalue weighted by Gasteiger charge is 2.22. The quantitative estimate of drug-likeness (QED) is 0.863. The Hall–Kier alpha value is -1.77. The molecular formula is C15H18N2O. The predicted octanol–water partition coefficient (Wildman–Crippen LogP) is 2.97. The van der Waals surface area contributed by atoms with Crippen LogP contribution in [0.3, 0.4) is 0 Å². The van der Waals surface area contributed by atoms with E-state index >= 15 is 0 Å². The second kappa shape index (κ2) is 4.48. The molecule has 0 radical (unpaired) electrons. The highest BCUT2D eigenvalue weighted by molar-refractivity contribution is 6.07. The van der Waals surface area contributed by atoms with Crippen molar-refractivity contribution >= 4 is 16.8 Å². The summed E-state index contributed by atoms with van der Waals surface area (Å²) in [6.45, 7) is 3.94. The number of hydrogen-bond acceptors (Lipinski definition) is 1. The Morgan fingerprint density at radius 2 is 2.11 bits per heavy atom. The molecule has 0 saturated carbocycles. The second-order valence-corrected chi connectivity index (χ2v) is 4.89. The third-order valence-corrected chi connectivity index (χ3v) is 3.81. The Kier molecular flexibility index (Phi) is 2.82. The van der Waals surface area contributed by atoms with Crippen LogP contribution in [0.25, 0.3) is 10.9 Å². The standard InChI is InChI=1S/C15H18N2O/c1-2-11-6-5-7-12-13(10-16-14(11)12)15(18)17-8-3-4-9-17/h5-7,10,16H,2-4,8-9H2,1H3. The molecule has 1 aromatic heterocycles. The zero-order valence-electron chi connectivity index (χ0n) is 10.7. The fourth-order valence-corrected chi connectivity index (χ4v) is 2.78. The smallest absolute Gasteiger partial charge is 0.256 e. The van der Waals surface area contributed by atoms with Crippen molar-refractivity contribution in [1.82, 2.24) is 9.88 Å². The van der Waals surface area contributed by atoms with Gasteiger partial charge in [0.05, 0.1) is 5.56 Å². The zero-order valence-corrected chi connectivity index (χ0v) is 10.7. The van der Waals surface area contributed by atoms with E-state index in [0.29, 0.717) is 0 Å². The number of rotatable bonds is 2. The first kappa shape index (κ1) is 11.3. The van der Waals surface area contributed by atoms with Crippen LogP contribution >= 0.6 is 0 Å². The molecule has 3 heteroatoms. The molecule has 0 bridgehead atoms. The van der Waals surface area contributed by atoms with E-state index in [9.17, 15) is 4.79 Å². The lowest BCUT2D eigenvalue weighted by molar-refractivity contribution is 0.0795. The summed E-state index contributed by atoms with van der Waals surface area (Å²) in [4.78, 5) is 17.7. The maximum atomic E-state index is 12.4. The second-order valence-electron chi connectivity index (χ2n) is 4.89. The molecule has 0 aliphatic carbocycles. The largest absolute Gasteiger partial charge is 0.360 e. The summed E-state index contributed by atoms with van der Waals surface area (Å²) >= 11 is 0. The lowest BCUT2D eigenvalue weighted by Gasteiger charge is -2.14. The first-order valence-corrected chi connectivity index (χ1v) is 6.69. The van der Waals surface area contributed by atoms with Gasteiger partial charge < -0.3 is 9.88 Å². The van der Waals surface area contributed by atoms with Crippen LogP contribution in [-0.2, 0) is 6.42 Å². The number of aryl methyl sites for hydroxylation is 1. The molecule has 94 valence electrons. The van der Waals surface area contributed by atoms with Crippen LogP contribution < -0.4 is 0 Å². The molecule has 1 saturated heterocycles. The minimum Gasteiger partial charge on any atom is -0.360 e. The fourth-order valence-electron chi connectivity index (χ4n) is 2.78. The topological polar surface area (TPSA) is 36.1 Å². The maximum Gasteiger partial charge on any atom is 0.256 e. The van der Waals surface area contributed by atoms with Gasteiger partial charge in [-0.25, -0.2) is 0 Å². The van der Waals surface area contributed by atoms with Crippen molar-refractivity contribution in [1.29, 1.82) is 0 Å². The Morgan fingerprint density at radius 1 is 1.33 bits per heavy atom. The molecule has 0 atom stereocenters. The number of para-hydroxylation sites is 1. The number of likely N-dealkylation sites (tertiary alicyclic amines) is 1. The third-order valence-electron chi connectivity index (χ3n) is 3.81. The van der Waals surface area contributed by atoms with Gasteiger partial charge in [0.15, 0.2) is 0 Å². The Bertz CT molecular complexity index is 579. The van der Waals surface area contributed by atoms with Crippen molar-refractivity contribution < 1.29 is 4.79 Å². The normalized spacial score (nSPS) is 15.5. The van der Waals surface area contributed by atoms with Crippen molar-refractivity contribution in [3.05, 3.63) is 35.5 Å². The van der Waals surface area contributed by atoms with Crippen molar-refractivity contribution in [2.75, 3.05) is 13.1 Å². The van der Waals surface area contributed by atoms with E-state index in [-0.39, 0.29) is 5.91 Å². The van der Waals surface area contributed by atoms with Crippen molar-refractivity contribution in [3.8, 4) is 0 Å². The molecule has 18 heavy (non-hydrogen) atoms. The van der Waals surface area contributed by atoms with Crippen LogP contribution in [-0.4, -0.2) is 28.9 Å². The first-order valence-electron chi connectivity index (χ1n) is 6.69. The molecule has 3 nitrogen and oxygen atoms in total. The first-order chi connectivity index (χ1) is 8.81. The van der Waals surface area contributed by atoms with Gasteiger partial charge in [-0.05, 0) is 24.8 Å². The summed E-state index contributed by atoms with van der Waals surface area (Å²) in [7, 11) is 0. The average molecular weight is 242 g/mol. The van der Waals surface area contributed by atoms with E-state index in [1.165, 1.54) is 5.56 Å². The molecule has 1 aromatic carbocycles. The molecule has 1 fully saturated rings. The van der Waals surface area contributed by atoms with E-state index in [1.54, 1.807) is 0 Å². The summed E-state index contributed by atoms with van der Waals surface area (Å²) < 4.78 is 0. The molecule has 0 spiro atoms. The molecule has 2 heterocycles. The molecule has 1 amide bonds. The number of aromatic amines is 1. The number of nitrogens with one attached hydrogen (secondary N) is 1. The minimum atomic E-state index is 0.173. The van der Waals surface area contributed by atoms with E-state index in [0.717, 1.165) is 48.8 Å². The summed E-state index contributed by atoms with van der Waals surface area (Å²) in [5.41, 5.74) is 3.21. The highest BCUT2D eigenvalue weighted by Crippen LogP contribution is 2.24. The molecular weight excluding hydrogens is 224 g/mol. The third kappa shape index (κ3) is 1.70. The zero-order chi connectivity index (χ0) is 12.5. The van der Waals surface area contributed by atoms with Gasteiger partial charge in [-0.1, -0.05) is 25.1 Å². The number of carbonyl (C=O) groups is 1. The monoisotopic (exact) mass is 242 g/mol. The van der Waals surface area contributed by atoms with Crippen molar-refractivity contribution in [2.45, 2.75) is 26.2 Å². The number of amides is 1. The van der Waals surface area contributed by atoms with Gasteiger partial charge in [-0.2, -0.15) is 0 Å². The van der Waals surface area contributed by atoms with Crippen LogP contribution in [0.15, 0.2) is 24.4 Å². The fraction of sp³-hybridized carbons (Fsp3) is 0.400. The van der Waals surface area contributed by atoms with Gasteiger partial charge in [0.2, 0.25) is 0 Å². The molecule has 3 rings (SSSR count). The summed E-state index contributed by atoms with van der Waals surface area (Å²) in [6, 6.07) is 6.19. The molecule has 1 N–H and O–H groups in total. The predicted molar refractivity (Wildman–Crippen MR) is 72.8 cm³/mol. The summed E-state index contributed by atoms with van der Waals surface area (Å²) in [6.07, 6.45) is 5.11. The van der Waals surface area contributed by atoms with Gasteiger partial charge in [-0.3, -0.25) is 4.79 Å². The number of benzene rings is 1. The molecule has 1 aliphatic rings. The summed E-state index contributed by atoms with van der Waals surface area (Å²) in [5, 5.41) is 1.06. The van der Waals surface area contributed by atoms with E-state index in [2.05, 4.69) is 18.0 Å². The van der Waals surface area contributed by atoms with Crippen molar-refractivity contribution in [2.24, 2.45) is 0 Å². The Labute approximate surface area is 107 Å². The number of H-pyrrole nitrogens is 1. The Morgan fingerprint density at radius 3 is 2.83 bits per heavy atom. The van der Waals surface area contributed by atoms with Gasteiger partial charge in [0.25, 0.3) is 5.91 Å². The SMILES string of the molecule is CCc1cccc2c(C(=O)N3CCCC3)c[nH]c12. The van der Waals surface area contributed by atoms with Crippen LogP contribution in [0, 0.1) is 0 Å². The molecule has 0 unspecified atom stereocenters. The van der Waals surface area contributed by atoms with Gasteiger partial charge in [-0.15, -0.1) is 0 Å². The lowest BCUT2D eigenvalue weighted by Crippen LogP contribution is -2.27. The van der Waals surface area contributed by atoms with E-state index in [1.807, 2.05) is 23.2 Å². The van der Waals surface area contributed by atoms with Gasteiger partial charge >= 0.3 is 0 Å². The summed E-state index contributed by atoms with van der Waals surface area (Å²) in [5.74, 6) is 0.173. The van der Waals surface area contributed by atoms with E-state index < -0.39 is 0 Å². The molecule has 1 aliphatic heterocycles. The number of nitrogens with zero attached hydrogens (tertiary/aromatic N) is 1. The molecule has 2 aromatic rings. The van der Waals surface area contributed by atoms with Crippen LogP contribution in [0.1, 0.15) is 35.7 Å². The van der Waals surface area contributed by atoms with E-state index in [4.69, 9.17) is 0 Å².